The number of nitrogens with zero attached hydrogens (tertiary/aromatic N) is 4. The molecule has 1 aliphatic heterocycles. The van der Waals surface area contributed by atoms with Gasteiger partial charge in [0.2, 0.25) is 5.95 Å². The Bertz CT molecular complexity index is 1180. The van der Waals surface area contributed by atoms with Gasteiger partial charge in [-0.15, -0.1) is 0 Å². The molecule has 4 aromatic rings. The Morgan fingerprint density at radius 2 is 1.48 bits per heavy atom. The van der Waals surface area contributed by atoms with Crippen LogP contribution in [0.1, 0.15) is 24.5 Å². The molecule has 1 N–H and O–H groups in total. The minimum atomic E-state index is 0.520. The Balaban J connectivity index is 1.36. The molecule has 1 saturated heterocycles. The lowest BCUT2D eigenvalue weighted by Gasteiger charge is -2.26. The normalized spacial score (nSPS) is 17.1. The molecule has 1 atom stereocenters. The predicted octanol–water partition coefficient (Wildman–Crippen LogP) is 5.34. The van der Waals surface area contributed by atoms with Gasteiger partial charge in [-0.2, -0.15) is 4.98 Å². The molecular weight excluding hydrogens is 406 g/mol. The third-order valence-electron chi connectivity index (χ3n) is 6.50. The van der Waals surface area contributed by atoms with E-state index in [4.69, 9.17) is 9.97 Å². The summed E-state index contributed by atoms with van der Waals surface area (Å²) in [6, 6.07) is 30.0. The average Bonchev–Trinajstić information content (AvgIpc) is 3.05. The van der Waals surface area contributed by atoms with E-state index < -0.39 is 0 Å². The molecule has 5 heteroatoms. The summed E-state index contributed by atoms with van der Waals surface area (Å²) in [7, 11) is 0. The second kappa shape index (κ2) is 10.0. The van der Waals surface area contributed by atoms with Crippen molar-refractivity contribution in [2.24, 2.45) is 0 Å². The van der Waals surface area contributed by atoms with Gasteiger partial charge in [0.25, 0.3) is 0 Å². The van der Waals surface area contributed by atoms with Gasteiger partial charge in [-0.25, -0.2) is 4.98 Å². The molecular formula is C28H31N5. The number of nitrogens with one attached hydrogen (secondary N) is 1. The third kappa shape index (κ3) is 5.15. The van der Waals surface area contributed by atoms with E-state index in [9.17, 15) is 0 Å². The van der Waals surface area contributed by atoms with Crippen molar-refractivity contribution in [3.8, 4) is 0 Å². The molecule has 1 unspecified atom stereocenters. The smallest absolute Gasteiger partial charge is 0.227 e. The molecule has 1 aromatic heterocycles. The van der Waals surface area contributed by atoms with Crippen LogP contribution in [0.3, 0.4) is 0 Å². The fourth-order valence-corrected chi connectivity index (χ4v) is 4.48. The van der Waals surface area contributed by atoms with E-state index in [0.717, 1.165) is 61.8 Å². The predicted molar refractivity (Wildman–Crippen MR) is 136 cm³/mol. The number of benzene rings is 3. The van der Waals surface area contributed by atoms with Crippen LogP contribution in [0.5, 0.6) is 0 Å². The zero-order valence-corrected chi connectivity index (χ0v) is 19.2. The van der Waals surface area contributed by atoms with Gasteiger partial charge in [0.05, 0.1) is 5.52 Å². The van der Waals surface area contributed by atoms with Crippen LogP contribution < -0.4 is 10.2 Å². The van der Waals surface area contributed by atoms with E-state index in [0.29, 0.717) is 6.04 Å². The highest BCUT2D eigenvalue weighted by molar-refractivity contribution is 5.90. The molecule has 0 bridgehead atoms. The summed E-state index contributed by atoms with van der Waals surface area (Å²) in [6.45, 7) is 6.94. The molecule has 0 amide bonds. The van der Waals surface area contributed by atoms with Crippen LogP contribution in [-0.2, 0) is 13.1 Å². The fraction of sp³-hybridized carbons (Fsp3) is 0.286. The number of para-hydroxylation sites is 1. The van der Waals surface area contributed by atoms with Crippen molar-refractivity contribution in [2.45, 2.75) is 32.5 Å². The van der Waals surface area contributed by atoms with Gasteiger partial charge in [-0.1, -0.05) is 72.8 Å². The molecule has 3 aromatic carbocycles. The quantitative estimate of drug-likeness (QED) is 0.441. The van der Waals surface area contributed by atoms with Crippen LogP contribution in [0.15, 0.2) is 84.9 Å². The number of rotatable bonds is 6. The zero-order valence-electron chi connectivity index (χ0n) is 19.2. The number of anilines is 2. The molecule has 0 radical (unpaired) electrons. The summed E-state index contributed by atoms with van der Waals surface area (Å²) in [6.07, 6.45) is 1.09. The average molecular weight is 438 g/mol. The molecule has 1 fully saturated rings. The van der Waals surface area contributed by atoms with E-state index in [1.807, 2.05) is 18.2 Å². The van der Waals surface area contributed by atoms with Gasteiger partial charge in [-0.05, 0) is 36.6 Å². The second-order valence-corrected chi connectivity index (χ2v) is 8.81. The largest absolute Gasteiger partial charge is 0.365 e. The highest BCUT2D eigenvalue weighted by atomic mass is 15.3. The highest BCUT2D eigenvalue weighted by Gasteiger charge is 2.23. The molecule has 5 nitrogen and oxygen atoms in total. The molecule has 0 spiro atoms. The standard InChI is InChI=1S/C28H31N5/c1-22-16-17-32(18-19-33(22)21-24-12-6-3-7-13-24)28-30-26-15-9-8-14-25(26)27(31-28)29-20-23-10-4-2-5-11-23/h2-15,22H,16-21H2,1H3,(H,29,30,31). The Morgan fingerprint density at radius 1 is 0.788 bits per heavy atom. The lowest BCUT2D eigenvalue weighted by Crippen LogP contribution is -2.34. The topological polar surface area (TPSA) is 44.3 Å². The fourth-order valence-electron chi connectivity index (χ4n) is 4.48. The van der Waals surface area contributed by atoms with Crippen LogP contribution in [0, 0.1) is 0 Å². The van der Waals surface area contributed by atoms with Crippen molar-refractivity contribution in [2.75, 3.05) is 29.9 Å². The second-order valence-electron chi connectivity index (χ2n) is 8.81. The van der Waals surface area contributed by atoms with Crippen molar-refractivity contribution in [1.29, 1.82) is 0 Å². The van der Waals surface area contributed by atoms with E-state index in [1.165, 1.54) is 11.1 Å². The Labute approximate surface area is 196 Å². The van der Waals surface area contributed by atoms with Crippen LogP contribution in [0.4, 0.5) is 11.8 Å². The van der Waals surface area contributed by atoms with Crippen molar-refractivity contribution in [3.05, 3.63) is 96.1 Å². The molecule has 2 heterocycles. The lowest BCUT2D eigenvalue weighted by atomic mass is 10.1. The first-order chi connectivity index (χ1) is 16.3. The minimum Gasteiger partial charge on any atom is -0.365 e. The van der Waals surface area contributed by atoms with Crippen molar-refractivity contribution in [1.82, 2.24) is 14.9 Å². The highest BCUT2D eigenvalue weighted by Crippen LogP contribution is 2.25. The monoisotopic (exact) mass is 437 g/mol. The number of hydrogen-bond donors (Lipinski definition) is 1. The summed E-state index contributed by atoms with van der Waals surface area (Å²) in [5, 5.41) is 4.62. The summed E-state index contributed by atoms with van der Waals surface area (Å²) in [4.78, 5) is 14.9. The molecule has 33 heavy (non-hydrogen) atoms. The van der Waals surface area contributed by atoms with Gasteiger partial charge in [0, 0.05) is 44.2 Å². The molecule has 0 saturated carbocycles. The van der Waals surface area contributed by atoms with Gasteiger partial charge >= 0.3 is 0 Å². The van der Waals surface area contributed by atoms with Crippen molar-refractivity contribution < 1.29 is 0 Å². The maximum atomic E-state index is 5.00. The van der Waals surface area contributed by atoms with Crippen molar-refractivity contribution in [3.63, 3.8) is 0 Å². The summed E-state index contributed by atoms with van der Waals surface area (Å²) < 4.78 is 0. The summed E-state index contributed by atoms with van der Waals surface area (Å²) in [5.74, 6) is 1.72. The van der Waals surface area contributed by atoms with Crippen LogP contribution in [0.2, 0.25) is 0 Å². The number of fused-ring (bicyclic) bond motifs is 1. The summed E-state index contributed by atoms with van der Waals surface area (Å²) >= 11 is 0. The Morgan fingerprint density at radius 3 is 2.27 bits per heavy atom. The number of hydrogen-bond acceptors (Lipinski definition) is 5. The first kappa shape index (κ1) is 21.4. The van der Waals surface area contributed by atoms with E-state index in [1.54, 1.807) is 0 Å². The maximum absolute atomic E-state index is 5.00. The van der Waals surface area contributed by atoms with Gasteiger partial charge < -0.3 is 10.2 Å². The van der Waals surface area contributed by atoms with Gasteiger partial charge in [0.15, 0.2) is 0 Å². The van der Waals surface area contributed by atoms with Gasteiger partial charge in [-0.3, -0.25) is 4.90 Å². The lowest BCUT2D eigenvalue weighted by molar-refractivity contribution is 0.212. The Hall–Kier alpha value is -3.44. The third-order valence-corrected chi connectivity index (χ3v) is 6.50. The SMILES string of the molecule is CC1CCN(c2nc(NCc3ccccc3)c3ccccc3n2)CCN1Cc1ccccc1. The zero-order chi connectivity index (χ0) is 22.5. The van der Waals surface area contributed by atoms with E-state index in [-0.39, 0.29) is 0 Å². The summed E-state index contributed by atoms with van der Waals surface area (Å²) in [5.41, 5.74) is 3.59. The van der Waals surface area contributed by atoms with Crippen LogP contribution >= 0.6 is 0 Å². The number of aromatic nitrogens is 2. The van der Waals surface area contributed by atoms with Crippen molar-refractivity contribution >= 4 is 22.7 Å². The van der Waals surface area contributed by atoms with Crippen LogP contribution in [0.25, 0.3) is 10.9 Å². The van der Waals surface area contributed by atoms with Gasteiger partial charge in [0.1, 0.15) is 5.82 Å². The first-order valence-electron chi connectivity index (χ1n) is 11.8. The molecule has 1 aliphatic rings. The minimum absolute atomic E-state index is 0.520. The Kier molecular flexibility index (Phi) is 6.49. The molecule has 5 rings (SSSR count). The van der Waals surface area contributed by atoms with Crippen LogP contribution in [-0.4, -0.2) is 40.5 Å². The van der Waals surface area contributed by atoms with E-state index in [2.05, 4.69) is 88.8 Å². The maximum Gasteiger partial charge on any atom is 0.227 e. The molecule has 0 aliphatic carbocycles. The van der Waals surface area contributed by atoms with E-state index >= 15 is 0 Å². The molecule has 168 valence electrons. The first-order valence-corrected chi connectivity index (χ1v) is 11.8.